The number of carbonyl (C=O) groups excluding carboxylic acids is 2. The molecule has 0 radical (unpaired) electrons. The van der Waals surface area contributed by atoms with Gasteiger partial charge in [-0.2, -0.15) is 5.26 Å². The molecule has 0 saturated carbocycles. The van der Waals surface area contributed by atoms with E-state index in [9.17, 15) is 20.0 Å². The highest BCUT2D eigenvalue weighted by molar-refractivity contribution is 6.51. The molecule has 1 N–H and O–H groups in total. The number of nitrogens with zero attached hydrogens (tertiary/aromatic N) is 2. The van der Waals surface area contributed by atoms with Gasteiger partial charge in [-0.3, -0.25) is 14.5 Å². The number of carbonyl (C=O) groups is 2. The predicted molar refractivity (Wildman–Crippen MR) is 138 cm³/mol. The molecule has 1 fully saturated rings. The summed E-state index contributed by atoms with van der Waals surface area (Å²) in [4.78, 5) is 28.2. The zero-order chi connectivity index (χ0) is 26.5. The first kappa shape index (κ1) is 25.3. The Bertz CT molecular complexity index is 1400. The number of amides is 1. The van der Waals surface area contributed by atoms with E-state index in [1.807, 2.05) is 13.0 Å². The van der Waals surface area contributed by atoms with Crippen LogP contribution in [0.4, 0.5) is 5.69 Å². The van der Waals surface area contributed by atoms with Crippen molar-refractivity contribution in [1.29, 1.82) is 5.26 Å². The number of hydrogen-bond acceptors (Lipinski definition) is 7. The lowest BCUT2D eigenvalue weighted by Crippen LogP contribution is -2.29. The molecule has 1 amide bonds. The zero-order valence-corrected chi connectivity index (χ0v) is 20.7. The molecule has 3 aromatic carbocycles. The van der Waals surface area contributed by atoms with Crippen LogP contribution in [0.3, 0.4) is 0 Å². The number of aliphatic hydroxyl groups excluding tert-OH is 1. The second-order valence-electron chi connectivity index (χ2n) is 8.09. The van der Waals surface area contributed by atoms with E-state index in [2.05, 4.69) is 0 Å². The number of benzene rings is 3. The fraction of sp³-hybridized carbons (Fsp3) is 0.207. The molecule has 0 bridgehead atoms. The third kappa shape index (κ3) is 4.71. The predicted octanol–water partition coefficient (Wildman–Crippen LogP) is 4.99. The largest absolute Gasteiger partial charge is 0.507 e. The van der Waals surface area contributed by atoms with Gasteiger partial charge in [0, 0.05) is 17.3 Å². The average Bonchev–Trinajstić information content (AvgIpc) is 3.18. The summed E-state index contributed by atoms with van der Waals surface area (Å²) in [6.45, 7) is 4.41. The van der Waals surface area contributed by atoms with E-state index in [1.54, 1.807) is 73.7 Å². The van der Waals surface area contributed by atoms with Gasteiger partial charge in [-0.1, -0.05) is 18.2 Å². The molecule has 1 saturated heterocycles. The summed E-state index contributed by atoms with van der Waals surface area (Å²) in [7, 11) is 1.49. The third-order valence-electron chi connectivity index (χ3n) is 5.97. The summed E-state index contributed by atoms with van der Waals surface area (Å²) >= 11 is 0. The Labute approximate surface area is 214 Å². The van der Waals surface area contributed by atoms with Gasteiger partial charge in [0.05, 0.1) is 49.1 Å². The number of para-hydroxylation sites is 1. The fourth-order valence-corrected chi connectivity index (χ4v) is 4.36. The van der Waals surface area contributed by atoms with E-state index in [4.69, 9.17) is 14.2 Å². The van der Waals surface area contributed by atoms with Crippen molar-refractivity contribution in [2.45, 2.75) is 19.9 Å². The topological polar surface area (TPSA) is 109 Å². The summed E-state index contributed by atoms with van der Waals surface area (Å²) < 4.78 is 16.9. The minimum Gasteiger partial charge on any atom is -0.507 e. The summed E-state index contributed by atoms with van der Waals surface area (Å²) in [6.07, 6.45) is 0. The van der Waals surface area contributed by atoms with Crippen LogP contribution in [0, 0.1) is 11.3 Å². The van der Waals surface area contributed by atoms with Crippen LogP contribution in [0.15, 0.2) is 72.3 Å². The summed E-state index contributed by atoms with van der Waals surface area (Å²) in [6, 6.07) is 19.2. The number of anilines is 1. The number of rotatable bonds is 8. The second-order valence-corrected chi connectivity index (χ2v) is 8.09. The first-order valence-corrected chi connectivity index (χ1v) is 11.8. The van der Waals surface area contributed by atoms with Gasteiger partial charge in [0.1, 0.15) is 23.0 Å². The Morgan fingerprint density at radius 2 is 1.68 bits per heavy atom. The quantitative estimate of drug-likeness (QED) is 0.265. The molecule has 1 heterocycles. The summed E-state index contributed by atoms with van der Waals surface area (Å²) in [5.41, 5.74) is 1.46. The molecular formula is C29H26N2O6. The molecule has 0 aliphatic carbocycles. The molecule has 3 aromatic rings. The number of aliphatic hydroxyl groups is 1. The van der Waals surface area contributed by atoms with Crippen LogP contribution in [0.5, 0.6) is 17.2 Å². The Morgan fingerprint density at radius 3 is 2.32 bits per heavy atom. The van der Waals surface area contributed by atoms with Crippen molar-refractivity contribution >= 4 is 23.1 Å². The summed E-state index contributed by atoms with van der Waals surface area (Å²) in [5, 5.41) is 20.7. The van der Waals surface area contributed by atoms with Crippen molar-refractivity contribution in [3.63, 3.8) is 0 Å². The number of hydrogen-bond donors (Lipinski definition) is 1. The monoisotopic (exact) mass is 498 g/mol. The average molecular weight is 499 g/mol. The molecule has 8 heteroatoms. The van der Waals surface area contributed by atoms with Crippen LogP contribution in [0.1, 0.15) is 36.6 Å². The molecule has 1 unspecified atom stereocenters. The van der Waals surface area contributed by atoms with Crippen LogP contribution in [-0.2, 0) is 9.59 Å². The Balaban J connectivity index is 1.97. The van der Waals surface area contributed by atoms with E-state index < -0.39 is 17.7 Å². The highest BCUT2D eigenvalue weighted by atomic mass is 16.5. The summed E-state index contributed by atoms with van der Waals surface area (Å²) in [5.74, 6) is -0.746. The molecule has 0 aromatic heterocycles. The third-order valence-corrected chi connectivity index (χ3v) is 5.97. The lowest BCUT2D eigenvalue weighted by molar-refractivity contribution is -0.132. The number of methoxy groups -OCH3 is 1. The number of ketones is 1. The minimum atomic E-state index is -0.995. The van der Waals surface area contributed by atoms with Crippen LogP contribution in [0.25, 0.3) is 5.76 Å². The maximum atomic E-state index is 13.5. The smallest absolute Gasteiger partial charge is 0.300 e. The molecule has 1 aliphatic heterocycles. The van der Waals surface area contributed by atoms with Crippen molar-refractivity contribution in [3.05, 3.63) is 89.0 Å². The van der Waals surface area contributed by atoms with Crippen molar-refractivity contribution in [2.24, 2.45) is 0 Å². The molecule has 0 spiro atoms. The molecule has 8 nitrogen and oxygen atoms in total. The van der Waals surface area contributed by atoms with Crippen LogP contribution in [-0.4, -0.2) is 37.1 Å². The van der Waals surface area contributed by atoms with Gasteiger partial charge in [-0.15, -0.1) is 0 Å². The van der Waals surface area contributed by atoms with Crippen LogP contribution in [0.2, 0.25) is 0 Å². The van der Waals surface area contributed by atoms with Gasteiger partial charge in [0.25, 0.3) is 11.7 Å². The van der Waals surface area contributed by atoms with Crippen molar-refractivity contribution < 1.29 is 28.9 Å². The number of Topliss-reactive ketones (excluding diaryl/α,β-unsaturated/α-hetero) is 1. The van der Waals surface area contributed by atoms with Gasteiger partial charge in [0.2, 0.25) is 0 Å². The number of nitriles is 1. The lowest BCUT2D eigenvalue weighted by atomic mass is 9.94. The van der Waals surface area contributed by atoms with Crippen molar-refractivity contribution in [1.82, 2.24) is 0 Å². The molecule has 1 atom stereocenters. The van der Waals surface area contributed by atoms with Gasteiger partial charge in [-0.25, -0.2) is 0 Å². The highest BCUT2D eigenvalue weighted by Gasteiger charge is 2.48. The maximum absolute atomic E-state index is 13.5. The fourth-order valence-electron chi connectivity index (χ4n) is 4.36. The maximum Gasteiger partial charge on any atom is 0.300 e. The number of ether oxygens (including phenoxy) is 3. The standard InChI is InChI=1S/C29H26N2O6/c1-4-36-20-14-15-22(24(16-20)37-5-2)27(32)25-26(21-8-6-7-9-23(21)35-3)31(29(34)28(25)33)19-12-10-18(17-30)11-13-19/h6-16,26,32H,4-5H2,1-3H3/b27-25+. The lowest BCUT2D eigenvalue weighted by Gasteiger charge is -2.26. The van der Waals surface area contributed by atoms with E-state index >= 15 is 0 Å². The molecule has 188 valence electrons. The molecule has 1 aliphatic rings. The van der Waals surface area contributed by atoms with Gasteiger partial charge in [-0.05, 0) is 56.3 Å². The van der Waals surface area contributed by atoms with E-state index in [0.717, 1.165) is 0 Å². The van der Waals surface area contributed by atoms with Gasteiger partial charge < -0.3 is 19.3 Å². The van der Waals surface area contributed by atoms with Crippen LogP contribution < -0.4 is 19.1 Å². The first-order valence-electron chi connectivity index (χ1n) is 11.8. The molecule has 37 heavy (non-hydrogen) atoms. The minimum absolute atomic E-state index is 0.107. The van der Waals surface area contributed by atoms with E-state index in [-0.39, 0.29) is 16.9 Å². The Hall–Kier alpha value is -4.77. The van der Waals surface area contributed by atoms with Crippen molar-refractivity contribution in [3.8, 4) is 23.3 Å². The van der Waals surface area contributed by atoms with E-state index in [1.165, 1.54) is 12.0 Å². The first-order chi connectivity index (χ1) is 17.9. The second kappa shape index (κ2) is 10.9. The Morgan fingerprint density at radius 1 is 0.973 bits per heavy atom. The van der Waals surface area contributed by atoms with Crippen LogP contribution >= 0.6 is 0 Å². The van der Waals surface area contributed by atoms with Gasteiger partial charge in [0.15, 0.2) is 0 Å². The molecule has 4 rings (SSSR count). The normalized spacial score (nSPS) is 16.4. The Kier molecular flexibility index (Phi) is 7.44. The van der Waals surface area contributed by atoms with Crippen molar-refractivity contribution in [2.75, 3.05) is 25.2 Å². The molecular weight excluding hydrogens is 472 g/mol. The van der Waals surface area contributed by atoms with E-state index in [0.29, 0.717) is 47.3 Å². The van der Waals surface area contributed by atoms with Gasteiger partial charge >= 0.3 is 0 Å². The zero-order valence-electron chi connectivity index (χ0n) is 20.7. The SMILES string of the molecule is CCOc1ccc(/C(O)=C2\C(=O)C(=O)N(c3ccc(C#N)cc3)C2c2ccccc2OC)c(OCC)c1. The highest BCUT2D eigenvalue weighted by Crippen LogP contribution is 2.46.